The van der Waals surface area contributed by atoms with Crippen LogP contribution in [0.3, 0.4) is 0 Å². The third kappa shape index (κ3) is 5.58. The molecule has 0 heterocycles. The summed E-state index contributed by atoms with van der Waals surface area (Å²) in [6.07, 6.45) is 2.68. The number of phenolic OH excluding ortho intramolecular Hbond substituents is 2. The van der Waals surface area contributed by atoms with E-state index in [-0.39, 0.29) is 11.5 Å². The van der Waals surface area contributed by atoms with Gasteiger partial charge in [0, 0.05) is 5.12 Å². The first-order chi connectivity index (χ1) is 7.09. The number of carbonyl (C=O) groups is 1. The number of hydrogen-bond donors (Lipinski definition) is 2. The molecular weight excluding hydrogens is 279 g/mol. The van der Waals surface area contributed by atoms with Crippen LogP contribution in [0.4, 0.5) is 0 Å². The molecule has 0 unspecified atom stereocenters. The van der Waals surface area contributed by atoms with Crippen LogP contribution in [-0.2, 0) is 31.5 Å². The second-order valence-corrected chi connectivity index (χ2v) is 2.80. The molecule has 0 fully saturated rings. The van der Waals surface area contributed by atoms with E-state index in [9.17, 15) is 4.79 Å². The molecule has 0 spiro atoms. The molecule has 0 radical (unpaired) electrons. The van der Waals surface area contributed by atoms with Crippen molar-refractivity contribution in [2.75, 3.05) is 0 Å². The Hall–Kier alpha value is -0.824. The molecule has 0 bridgehead atoms. The molecule has 1 aromatic carbocycles. The zero-order chi connectivity index (χ0) is 11.8. The summed E-state index contributed by atoms with van der Waals surface area (Å²) in [6, 6.07) is 4.23. The molecule has 0 aliphatic heterocycles. The van der Waals surface area contributed by atoms with Crippen LogP contribution in [0.15, 0.2) is 24.3 Å². The molecule has 1 aromatic rings. The molecule has 15 heavy (non-hydrogen) atoms. The molecule has 0 atom stereocenters. The van der Waals surface area contributed by atoms with Gasteiger partial charge >= 0.3 is 24.7 Å². The Morgan fingerprint density at radius 2 is 1.93 bits per heavy atom. The van der Waals surface area contributed by atoms with Crippen molar-refractivity contribution in [1.29, 1.82) is 0 Å². The molecule has 0 amide bonds. The van der Waals surface area contributed by atoms with Gasteiger partial charge in [0.05, 0.1) is 0 Å². The molecule has 0 aliphatic rings. The topological polar surface area (TPSA) is 57.5 Å². The Balaban J connectivity index is 0.000000921. The van der Waals surface area contributed by atoms with E-state index in [4.69, 9.17) is 10.2 Å². The Morgan fingerprint density at radius 1 is 1.33 bits per heavy atom. The van der Waals surface area contributed by atoms with Crippen molar-refractivity contribution in [2.45, 2.75) is 0 Å². The molecule has 3 nitrogen and oxygen atoms in total. The SMILES string of the molecule is O=C([S-])/C=C/c1ccc(O)c(O)c1.[S]=[Co]. The van der Waals surface area contributed by atoms with Gasteiger partial charge < -0.3 is 27.6 Å². The van der Waals surface area contributed by atoms with Crippen LogP contribution >= 0.6 is 10.6 Å². The minimum atomic E-state index is -0.479. The zero-order valence-electron chi connectivity index (χ0n) is 7.34. The van der Waals surface area contributed by atoms with Gasteiger partial charge in [-0.3, -0.25) is 0 Å². The molecule has 0 aromatic heterocycles. The fraction of sp³-hybridized carbons (Fsp3) is 0. The molecule has 1 rings (SSSR count). The third-order valence-electron chi connectivity index (χ3n) is 1.41. The number of phenols is 2. The monoisotopic (exact) mass is 286 g/mol. The number of aromatic hydroxyl groups is 2. The maximum atomic E-state index is 10.4. The molecule has 2 N–H and O–H groups in total. The van der Waals surface area contributed by atoms with Crippen molar-refractivity contribution < 1.29 is 29.1 Å². The Morgan fingerprint density at radius 3 is 2.40 bits per heavy atom. The van der Waals surface area contributed by atoms with E-state index >= 15 is 0 Å². The summed E-state index contributed by atoms with van der Waals surface area (Å²) >= 11 is 7.44. The summed E-state index contributed by atoms with van der Waals surface area (Å²) in [5, 5.41) is 17.6. The predicted molar refractivity (Wildman–Crippen MR) is 58.8 cm³/mol. The minimum absolute atomic E-state index is 0.193. The van der Waals surface area contributed by atoms with Crippen molar-refractivity contribution >= 4 is 34.4 Å². The van der Waals surface area contributed by atoms with Crippen molar-refractivity contribution in [3.63, 3.8) is 0 Å². The summed E-state index contributed by atoms with van der Waals surface area (Å²) in [5.74, 6) is -0.416. The number of benzene rings is 1. The van der Waals surface area contributed by atoms with Gasteiger partial charge in [-0.05, 0) is 23.8 Å². The van der Waals surface area contributed by atoms with Crippen LogP contribution in [0.5, 0.6) is 11.5 Å². The van der Waals surface area contributed by atoms with Crippen molar-refractivity contribution in [3.05, 3.63) is 29.8 Å². The van der Waals surface area contributed by atoms with E-state index in [1.54, 1.807) is 6.07 Å². The van der Waals surface area contributed by atoms with Gasteiger partial charge in [0.1, 0.15) is 0 Å². The van der Waals surface area contributed by atoms with Gasteiger partial charge in [-0.2, -0.15) is 0 Å². The van der Waals surface area contributed by atoms with Gasteiger partial charge in [-0.1, -0.05) is 12.1 Å². The standard InChI is InChI=1S/C9H8O3S.Co.S/c10-7-3-1-6(5-8(7)11)2-4-9(12)13;;/h1-5,10-11H,(H,12,13);;/p-1/b4-2+;;. The average Bonchev–Trinajstić information content (AvgIpc) is 2.23. The first-order valence-electron chi connectivity index (χ1n) is 3.64. The van der Waals surface area contributed by atoms with Crippen LogP contribution in [0.2, 0.25) is 0 Å². The van der Waals surface area contributed by atoms with Crippen LogP contribution in [0, 0.1) is 0 Å². The van der Waals surface area contributed by atoms with E-state index in [1.807, 2.05) is 0 Å². The van der Waals surface area contributed by atoms with E-state index in [2.05, 4.69) is 37.4 Å². The molecule has 0 aliphatic carbocycles. The quantitative estimate of drug-likeness (QED) is 0.493. The summed E-state index contributed by atoms with van der Waals surface area (Å²) in [4.78, 5) is 10.4. The Bertz CT molecular complexity index is 380. The fourth-order valence-electron chi connectivity index (χ4n) is 0.808. The molecular formula is C9H7CoO3S2-. The van der Waals surface area contributed by atoms with Gasteiger partial charge in [0.2, 0.25) is 0 Å². The first-order valence-corrected chi connectivity index (χ1v) is 5.60. The average molecular weight is 286 g/mol. The fourth-order valence-corrected chi connectivity index (χ4v) is 0.876. The summed E-state index contributed by atoms with van der Waals surface area (Å²) < 4.78 is 0. The maximum absolute atomic E-state index is 10.4. The summed E-state index contributed by atoms with van der Waals surface area (Å²) in [5.41, 5.74) is 0.605. The van der Waals surface area contributed by atoms with E-state index < -0.39 is 5.12 Å². The summed E-state index contributed by atoms with van der Waals surface area (Å²) in [6.45, 7) is 0. The Labute approximate surface area is 105 Å². The number of hydrogen-bond acceptors (Lipinski definition) is 5. The summed E-state index contributed by atoms with van der Waals surface area (Å²) in [7, 11) is 3.77. The van der Waals surface area contributed by atoms with Crippen molar-refractivity contribution in [3.8, 4) is 11.5 Å². The van der Waals surface area contributed by atoms with Crippen LogP contribution in [-0.4, -0.2) is 15.3 Å². The van der Waals surface area contributed by atoms with Gasteiger partial charge in [0.15, 0.2) is 11.5 Å². The second kappa shape index (κ2) is 7.47. The van der Waals surface area contributed by atoms with E-state index in [0.717, 1.165) is 0 Å². The van der Waals surface area contributed by atoms with Crippen molar-refractivity contribution in [1.82, 2.24) is 0 Å². The molecule has 83 valence electrons. The van der Waals surface area contributed by atoms with Gasteiger partial charge in [-0.15, -0.1) is 0 Å². The van der Waals surface area contributed by atoms with Gasteiger partial charge in [0.25, 0.3) is 0 Å². The van der Waals surface area contributed by atoms with Crippen LogP contribution in [0.1, 0.15) is 5.56 Å². The second-order valence-electron chi connectivity index (χ2n) is 2.40. The van der Waals surface area contributed by atoms with Crippen LogP contribution < -0.4 is 0 Å². The van der Waals surface area contributed by atoms with E-state index in [1.165, 1.54) is 24.3 Å². The molecule has 0 saturated carbocycles. The van der Waals surface area contributed by atoms with E-state index in [0.29, 0.717) is 5.56 Å². The van der Waals surface area contributed by atoms with Gasteiger partial charge in [-0.25, -0.2) is 0 Å². The Kier molecular flexibility index (Phi) is 7.06. The normalized spacial score (nSPS) is 9.40. The number of rotatable bonds is 2. The first kappa shape index (κ1) is 14.2. The van der Waals surface area contributed by atoms with Crippen molar-refractivity contribution in [2.24, 2.45) is 0 Å². The number of carbonyl (C=O) groups excluding carboxylic acids is 1. The molecule has 6 heteroatoms. The molecule has 0 saturated heterocycles. The predicted octanol–water partition coefficient (Wildman–Crippen LogP) is 1.83. The zero-order valence-corrected chi connectivity index (χ0v) is 10.0. The third-order valence-corrected chi connectivity index (χ3v) is 1.55. The van der Waals surface area contributed by atoms with Crippen LogP contribution in [0.25, 0.3) is 6.08 Å².